The number of piperidine rings is 1. The maximum absolute atomic E-state index is 12.8. The molecule has 1 aliphatic heterocycles. The van der Waals surface area contributed by atoms with Crippen molar-refractivity contribution in [3.8, 4) is 0 Å². The maximum atomic E-state index is 12.8. The van der Waals surface area contributed by atoms with Gasteiger partial charge in [-0.3, -0.25) is 9.89 Å². The number of aryl methyl sites for hydroxylation is 2. The molecule has 7 nitrogen and oxygen atoms in total. The molecule has 1 aromatic rings. The van der Waals surface area contributed by atoms with Crippen molar-refractivity contribution >= 4 is 15.9 Å². The summed E-state index contributed by atoms with van der Waals surface area (Å²) in [6.45, 7) is 8.69. The summed E-state index contributed by atoms with van der Waals surface area (Å²) in [4.78, 5) is 14.8. The zero-order valence-corrected chi connectivity index (χ0v) is 15.7. The van der Waals surface area contributed by atoms with Crippen LogP contribution in [0.25, 0.3) is 0 Å². The van der Waals surface area contributed by atoms with Gasteiger partial charge in [0, 0.05) is 13.1 Å². The number of nitrogens with zero attached hydrogens (tertiary/aromatic N) is 2. The minimum atomic E-state index is -3.80. The molecule has 0 saturated carbocycles. The van der Waals surface area contributed by atoms with Crippen LogP contribution in [0.1, 0.15) is 50.9 Å². The number of carbonyl (C=O) groups excluding carboxylic acids is 1. The number of rotatable bonds is 6. The summed E-state index contributed by atoms with van der Waals surface area (Å²) in [5, 5.41) is 6.63. The summed E-state index contributed by atoms with van der Waals surface area (Å²) in [6.07, 6.45) is 3.56. The molecular formula is C16H28N4O3S. The van der Waals surface area contributed by atoms with Gasteiger partial charge in [-0.15, -0.1) is 0 Å². The van der Waals surface area contributed by atoms with E-state index in [0.29, 0.717) is 30.9 Å². The fourth-order valence-corrected chi connectivity index (χ4v) is 4.76. The third kappa shape index (κ3) is 4.36. The van der Waals surface area contributed by atoms with Gasteiger partial charge in [-0.05, 0) is 45.4 Å². The van der Waals surface area contributed by atoms with Crippen molar-refractivity contribution < 1.29 is 13.2 Å². The van der Waals surface area contributed by atoms with Gasteiger partial charge in [0.1, 0.15) is 10.9 Å². The zero-order chi connectivity index (χ0) is 17.9. The lowest BCUT2D eigenvalue weighted by Gasteiger charge is -2.31. The van der Waals surface area contributed by atoms with Crippen molar-refractivity contribution in [3.63, 3.8) is 0 Å². The minimum absolute atomic E-state index is 0.120. The first-order valence-corrected chi connectivity index (χ1v) is 10.0. The summed E-state index contributed by atoms with van der Waals surface area (Å²) in [5.41, 5.74) is 0.891. The summed E-state index contributed by atoms with van der Waals surface area (Å²) in [7, 11) is -3.80. The van der Waals surface area contributed by atoms with E-state index in [9.17, 15) is 13.2 Å². The molecule has 24 heavy (non-hydrogen) atoms. The first-order chi connectivity index (χ1) is 11.2. The van der Waals surface area contributed by atoms with E-state index < -0.39 is 16.1 Å². The highest BCUT2D eigenvalue weighted by atomic mass is 32.2. The van der Waals surface area contributed by atoms with Crippen LogP contribution in [0, 0.1) is 19.8 Å². The van der Waals surface area contributed by atoms with Crippen LogP contribution in [0.2, 0.25) is 0 Å². The molecule has 2 N–H and O–H groups in total. The lowest BCUT2D eigenvalue weighted by molar-refractivity contribution is -0.134. The Hall–Kier alpha value is -1.41. The van der Waals surface area contributed by atoms with Crippen LogP contribution >= 0.6 is 0 Å². The number of aromatic amines is 1. The Labute approximate surface area is 144 Å². The third-order valence-corrected chi connectivity index (χ3v) is 6.03. The molecule has 8 heteroatoms. The second-order valence-electron chi connectivity index (χ2n) is 6.95. The molecule has 0 aliphatic carbocycles. The number of sulfonamides is 1. The molecule has 1 saturated heterocycles. The molecule has 0 radical (unpaired) electrons. The van der Waals surface area contributed by atoms with Gasteiger partial charge in [0.25, 0.3) is 0 Å². The van der Waals surface area contributed by atoms with E-state index in [4.69, 9.17) is 0 Å². The van der Waals surface area contributed by atoms with E-state index in [2.05, 4.69) is 14.9 Å². The number of H-pyrrole nitrogens is 1. The molecule has 136 valence electrons. The fourth-order valence-electron chi connectivity index (χ4n) is 3.19. The van der Waals surface area contributed by atoms with Crippen LogP contribution in [-0.2, 0) is 14.8 Å². The number of hydrogen-bond donors (Lipinski definition) is 2. The van der Waals surface area contributed by atoms with Crippen LogP contribution in [0.3, 0.4) is 0 Å². The number of amides is 1. The number of hydrogen-bond acceptors (Lipinski definition) is 4. The Balaban J connectivity index is 2.23. The van der Waals surface area contributed by atoms with Crippen LogP contribution in [0.4, 0.5) is 0 Å². The molecule has 1 fully saturated rings. The smallest absolute Gasteiger partial charge is 0.244 e. The minimum Gasteiger partial charge on any atom is -0.341 e. The van der Waals surface area contributed by atoms with Crippen LogP contribution in [-0.4, -0.2) is 48.6 Å². The summed E-state index contributed by atoms with van der Waals surface area (Å²) >= 11 is 0. The quantitative estimate of drug-likeness (QED) is 0.811. The molecule has 0 bridgehead atoms. The lowest BCUT2D eigenvalue weighted by Crippen LogP contribution is -2.50. The molecule has 0 spiro atoms. The standard InChI is InChI=1S/C16H28N4O3S/c1-11(2)10-14(16(21)20-8-6-5-7-9-20)19-24(22,23)15-12(3)17-18-13(15)4/h11,14,19H,5-10H2,1-4H3,(H,17,18)/t14-/m1/s1. The van der Waals surface area contributed by atoms with Crippen molar-refractivity contribution in [3.05, 3.63) is 11.4 Å². The molecule has 2 rings (SSSR count). The molecule has 1 atom stereocenters. The van der Waals surface area contributed by atoms with E-state index >= 15 is 0 Å². The van der Waals surface area contributed by atoms with Crippen LogP contribution in [0.5, 0.6) is 0 Å². The number of nitrogens with one attached hydrogen (secondary N) is 2. The van der Waals surface area contributed by atoms with Gasteiger partial charge in [0.2, 0.25) is 15.9 Å². The van der Waals surface area contributed by atoms with Crippen LogP contribution in [0.15, 0.2) is 4.90 Å². The molecule has 2 heterocycles. The molecule has 1 amide bonds. The average molecular weight is 356 g/mol. The lowest BCUT2D eigenvalue weighted by atomic mass is 10.0. The van der Waals surface area contributed by atoms with E-state index in [-0.39, 0.29) is 16.7 Å². The second kappa shape index (κ2) is 7.65. The van der Waals surface area contributed by atoms with Gasteiger partial charge in [-0.1, -0.05) is 13.8 Å². The first kappa shape index (κ1) is 18.9. The van der Waals surface area contributed by atoms with Gasteiger partial charge in [0.05, 0.1) is 11.4 Å². The van der Waals surface area contributed by atoms with E-state index in [0.717, 1.165) is 19.3 Å². The summed E-state index contributed by atoms with van der Waals surface area (Å²) in [6, 6.07) is -0.734. The van der Waals surface area contributed by atoms with Gasteiger partial charge in [-0.25, -0.2) is 8.42 Å². The predicted molar refractivity (Wildman–Crippen MR) is 92.1 cm³/mol. The summed E-state index contributed by atoms with van der Waals surface area (Å²) in [5.74, 6) is 0.0868. The summed E-state index contributed by atoms with van der Waals surface area (Å²) < 4.78 is 28.2. The third-order valence-electron chi connectivity index (χ3n) is 4.30. The maximum Gasteiger partial charge on any atom is 0.244 e. The van der Waals surface area contributed by atoms with Crippen molar-refractivity contribution in [2.24, 2.45) is 5.92 Å². The molecule has 1 aromatic heterocycles. The van der Waals surface area contributed by atoms with Crippen LogP contribution < -0.4 is 4.72 Å². The van der Waals surface area contributed by atoms with Crippen molar-refractivity contribution in [1.29, 1.82) is 0 Å². The predicted octanol–water partition coefficient (Wildman–Crippen LogP) is 1.73. The first-order valence-electron chi connectivity index (χ1n) is 8.55. The van der Waals surface area contributed by atoms with Crippen molar-refractivity contribution in [2.75, 3.05) is 13.1 Å². The van der Waals surface area contributed by atoms with Gasteiger partial charge in [-0.2, -0.15) is 9.82 Å². The highest BCUT2D eigenvalue weighted by Crippen LogP contribution is 2.20. The van der Waals surface area contributed by atoms with Gasteiger partial charge < -0.3 is 4.90 Å². The highest BCUT2D eigenvalue weighted by molar-refractivity contribution is 7.89. The molecule has 0 unspecified atom stereocenters. The van der Waals surface area contributed by atoms with E-state index in [1.165, 1.54) is 0 Å². The van der Waals surface area contributed by atoms with Gasteiger partial charge in [0.15, 0.2) is 0 Å². The number of aromatic nitrogens is 2. The van der Waals surface area contributed by atoms with Crippen molar-refractivity contribution in [2.45, 2.75) is 64.3 Å². The average Bonchev–Trinajstić information content (AvgIpc) is 2.85. The molecule has 0 aromatic carbocycles. The van der Waals surface area contributed by atoms with E-state index in [1.807, 2.05) is 13.8 Å². The normalized spacial score (nSPS) is 17.3. The van der Waals surface area contributed by atoms with Gasteiger partial charge >= 0.3 is 0 Å². The SMILES string of the molecule is Cc1n[nH]c(C)c1S(=O)(=O)N[C@H](CC(C)C)C(=O)N1CCCCC1. The number of carbonyl (C=O) groups is 1. The largest absolute Gasteiger partial charge is 0.341 e. The van der Waals surface area contributed by atoms with E-state index in [1.54, 1.807) is 18.7 Å². The Morgan fingerprint density at radius 1 is 1.25 bits per heavy atom. The second-order valence-corrected chi connectivity index (χ2v) is 8.60. The topological polar surface area (TPSA) is 95.2 Å². The number of likely N-dealkylation sites (tertiary alicyclic amines) is 1. The Bertz CT molecular complexity index is 656. The molecular weight excluding hydrogens is 328 g/mol. The van der Waals surface area contributed by atoms with Crippen molar-refractivity contribution in [1.82, 2.24) is 19.8 Å². The Morgan fingerprint density at radius 2 is 1.88 bits per heavy atom. The zero-order valence-electron chi connectivity index (χ0n) is 14.9. The highest BCUT2D eigenvalue weighted by Gasteiger charge is 2.32. The monoisotopic (exact) mass is 356 g/mol. The Morgan fingerprint density at radius 3 is 2.38 bits per heavy atom. The fraction of sp³-hybridized carbons (Fsp3) is 0.750. The Kier molecular flexibility index (Phi) is 6.03. The molecule has 1 aliphatic rings.